The van der Waals surface area contributed by atoms with Gasteiger partial charge in [-0.05, 0) is 12.1 Å². The molecule has 0 saturated carbocycles. The van der Waals surface area contributed by atoms with Crippen LogP contribution in [0.4, 0.5) is 30.7 Å². The van der Waals surface area contributed by atoms with E-state index in [1.54, 1.807) is 0 Å². The van der Waals surface area contributed by atoms with Gasteiger partial charge in [0, 0.05) is 35.3 Å². The minimum absolute atomic E-state index is 0.0122. The lowest BCUT2D eigenvalue weighted by Crippen LogP contribution is -2.15. The lowest BCUT2D eigenvalue weighted by atomic mass is 10.00. The summed E-state index contributed by atoms with van der Waals surface area (Å²) < 4.78 is 98.8. The molecule has 190 valence electrons. The largest absolute Gasteiger partial charge is 0.417 e. The predicted molar refractivity (Wildman–Crippen MR) is 118 cm³/mol. The fraction of sp³-hybridized carbons (Fsp3) is 0.0833. The summed E-state index contributed by atoms with van der Waals surface area (Å²) in [5.41, 5.74) is -0.650. The quantitative estimate of drug-likeness (QED) is 0.271. The SMILES string of the molecule is NC(=O)/C(=C/n1nc(-c2ccccc2C(F)(F)F)c(F)c1-c1ccccc1C(F)(F)F)c1cncnc1. The second-order valence-corrected chi connectivity index (χ2v) is 7.58. The number of alkyl halides is 6. The highest BCUT2D eigenvalue weighted by molar-refractivity contribution is 6.22. The van der Waals surface area contributed by atoms with Gasteiger partial charge >= 0.3 is 12.4 Å². The molecule has 0 atom stereocenters. The summed E-state index contributed by atoms with van der Waals surface area (Å²) in [5.74, 6) is -2.57. The average molecular weight is 521 g/mol. The highest BCUT2D eigenvalue weighted by Gasteiger charge is 2.38. The molecule has 0 aliphatic rings. The van der Waals surface area contributed by atoms with Gasteiger partial charge in [-0.25, -0.2) is 19.0 Å². The van der Waals surface area contributed by atoms with Crippen molar-refractivity contribution in [1.29, 1.82) is 0 Å². The van der Waals surface area contributed by atoms with E-state index in [-0.39, 0.29) is 11.1 Å². The van der Waals surface area contributed by atoms with Gasteiger partial charge in [-0.1, -0.05) is 36.4 Å². The van der Waals surface area contributed by atoms with Crippen molar-refractivity contribution in [2.75, 3.05) is 0 Å². The van der Waals surface area contributed by atoms with Crippen LogP contribution < -0.4 is 5.73 Å². The first-order chi connectivity index (χ1) is 17.4. The molecule has 2 aromatic heterocycles. The molecule has 0 bridgehead atoms. The van der Waals surface area contributed by atoms with E-state index in [4.69, 9.17) is 5.73 Å². The summed E-state index contributed by atoms with van der Waals surface area (Å²) in [6.07, 6.45) is -5.61. The number of nitrogens with two attached hydrogens (primary N) is 1. The Labute approximate surface area is 203 Å². The van der Waals surface area contributed by atoms with Gasteiger partial charge in [0.15, 0.2) is 5.82 Å². The summed E-state index contributed by atoms with van der Waals surface area (Å²) in [6.45, 7) is 0. The normalized spacial score (nSPS) is 12.6. The Hall–Kier alpha value is -4.55. The molecule has 37 heavy (non-hydrogen) atoms. The van der Waals surface area contributed by atoms with E-state index in [1.807, 2.05) is 0 Å². The molecule has 0 aliphatic heterocycles. The minimum atomic E-state index is -4.95. The smallest absolute Gasteiger partial charge is 0.366 e. The molecule has 4 rings (SSSR count). The van der Waals surface area contributed by atoms with Crippen LogP contribution >= 0.6 is 0 Å². The van der Waals surface area contributed by atoms with Gasteiger partial charge in [-0.2, -0.15) is 31.4 Å². The molecule has 2 N–H and O–H groups in total. The van der Waals surface area contributed by atoms with Gasteiger partial charge in [-0.15, -0.1) is 0 Å². The highest BCUT2D eigenvalue weighted by Crippen LogP contribution is 2.42. The molecular weight excluding hydrogens is 507 g/mol. The molecule has 4 aromatic rings. The molecule has 0 aliphatic carbocycles. The topological polar surface area (TPSA) is 86.7 Å². The first kappa shape index (κ1) is 25.5. The Balaban J connectivity index is 2.09. The maximum Gasteiger partial charge on any atom is 0.417 e. The molecule has 1 amide bonds. The molecule has 0 fully saturated rings. The van der Waals surface area contributed by atoms with Crippen molar-refractivity contribution in [3.63, 3.8) is 0 Å². The average Bonchev–Trinajstić information content (AvgIpc) is 3.17. The van der Waals surface area contributed by atoms with Crippen LogP contribution in [0.5, 0.6) is 0 Å². The van der Waals surface area contributed by atoms with Crippen LogP contribution in [-0.4, -0.2) is 25.7 Å². The molecule has 13 heteroatoms. The van der Waals surface area contributed by atoms with Gasteiger partial charge < -0.3 is 5.73 Å². The second kappa shape index (κ2) is 9.48. The van der Waals surface area contributed by atoms with Crippen LogP contribution in [0.3, 0.4) is 0 Å². The van der Waals surface area contributed by atoms with Gasteiger partial charge in [0.2, 0.25) is 0 Å². The van der Waals surface area contributed by atoms with E-state index >= 15 is 4.39 Å². The van der Waals surface area contributed by atoms with Gasteiger partial charge in [0.05, 0.1) is 16.7 Å². The molecule has 0 saturated heterocycles. The van der Waals surface area contributed by atoms with E-state index in [0.29, 0.717) is 16.8 Å². The third kappa shape index (κ3) is 5.06. The Morgan fingerprint density at radius 3 is 1.89 bits per heavy atom. The minimum Gasteiger partial charge on any atom is -0.366 e. The first-order valence-electron chi connectivity index (χ1n) is 10.3. The van der Waals surface area contributed by atoms with Crippen molar-refractivity contribution >= 4 is 17.7 Å². The monoisotopic (exact) mass is 521 g/mol. The summed E-state index contributed by atoms with van der Waals surface area (Å²) >= 11 is 0. The van der Waals surface area contributed by atoms with Crippen LogP contribution in [0.15, 0.2) is 67.3 Å². The van der Waals surface area contributed by atoms with Crippen molar-refractivity contribution in [2.45, 2.75) is 12.4 Å². The number of halogens is 7. The molecule has 0 spiro atoms. The number of aromatic nitrogens is 4. The molecule has 0 radical (unpaired) electrons. The fourth-order valence-corrected chi connectivity index (χ4v) is 3.64. The standard InChI is InChI=1S/C24H14F7N5O/c25-19-20(14-5-1-3-7-17(14)23(26,27)28)35-36(11-16(22(32)37)13-9-33-12-34-10-13)21(19)15-6-2-4-8-18(15)24(29,30)31/h1-12H,(H2,32,37)/b16-11+. The van der Waals surface area contributed by atoms with E-state index in [0.717, 1.165) is 49.2 Å². The predicted octanol–water partition coefficient (Wildman–Crippen LogP) is 5.67. The Kier molecular flexibility index (Phi) is 6.55. The number of hydrogen-bond donors (Lipinski definition) is 1. The number of benzene rings is 2. The zero-order valence-electron chi connectivity index (χ0n) is 18.3. The Morgan fingerprint density at radius 1 is 0.838 bits per heavy atom. The number of amides is 1. The van der Waals surface area contributed by atoms with Crippen LogP contribution in [0.1, 0.15) is 16.7 Å². The van der Waals surface area contributed by atoms with Crippen molar-refractivity contribution in [3.8, 4) is 22.5 Å². The summed E-state index contributed by atoms with van der Waals surface area (Å²) in [4.78, 5) is 19.6. The maximum absolute atomic E-state index is 15.9. The number of nitrogens with zero attached hydrogens (tertiary/aromatic N) is 4. The molecule has 0 unspecified atom stereocenters. The number of carbonyl (C=O) groups is 1. The summed E-state index contributed by atoms with van der Waals surface area (Å²) in [7, 11) is 0. The number of carbonyl (C=O) groups excluding carboxylic acids is 1. The Bertz CT molecular complexity index is 1490. The van der Waals surface area contributed by atoms with Crippen molar-refractivity contribution in [3.05, 3.63) is 89.8 Å². The van der Waals surface area contributed by atoms with E-state index in [2.05, 4.69) is 15.1 Å². The summed E-state index contributed by atoms with van der Waals surface area (Å²) in [5, 5.41) is 3.85. The number of rotatable bonds is 5. The van der Waals surface area contributed by atoms with Gasteiger partial charge in [-0.3, -0.25) is 4.79 Å². The zero-order valence-corrected chi connectivity index (χ0v) is 18.3. The maximum atomic E-state index is 15.9. The van der Waals surface area contributed by atoms with Crippen LogP contribution in [0, 0.1) is 5.82 Å². The van der Waals surface area contributed by atoms with Crippen molar-refractivity contribution in [2.24, 2.45) is 5.73 Å². The van der Waals surface area contributed by atoms with Gasteiger partial charge in [0.1, 0.15) is 17.7 Å². The second-order valence-electron chi connectivity index (χ2n) is 7.58. The number of primary amides is 1. The molecule has 2 heterocycles. The van der Waals surface area contributed by atoms with Gasteiger partial charge in [0.25, 0.3) is 5.91 Å². The van der Waals surface area contributed by atoms with Crippen LogP contribution in [0.2, 0.25) is 0 Å². The third-order valence-corrected chi connectivity index (χ3v) is 5.22. The van der Waals surface area contributed by atoms with E-state index in [1.165, 1.54) is 12.1 Å². The highest BCUT2D eigenvalue weighted by atomic mass is 19.4. The zero-order chi connectivity index (χ0) is 27.0. The fourth-order valence-electron chi connectivity index (χ4n) is 3.64. The summed E-state index contributed by atoms with van der Waals surface area (Å²) in [6, 6.07) is 7.75. The lowest BCUT2D eigenvalue weighted by Gasteiger charge is -2.13. The number of hydrogen-bond acceptors (Lipinski definition) is 4. The van der Waals surface area contributed by atoms with Crippen molar-refractivity contribution < 1.29 is 35.5 Å². The van der Waals surface area contributed by atoms with Crippen LogP contribution in [-0.2, 0) is 17.1 Å². The lowest BCUT2D eigenvalue weighted by molar-refractivity contribution is -0.137. The molecule has 6 nitrogen and oxygen atoms in total. The molecular formula is C24H14F7N5O. The third-order valence-electron chi connectivity index (χ3n) is 5.22. The first-order valence-corrected chi connectivity index (χ1v) is 10.3. The van der Waals surface area contributed by atoms with Crippen LogP contribution in [0.25, 0.3) is 34.3 Å². The Morgan fingerprint density at radius 2 is 1.35 bits per heavy atom. The van der Waals surface area contributed by atoms with E-state index < -0.39 is 57.7 Å². The van der Waals surface area contributed by atoms with E-state index in [9.17, 15) is 31.1 Å². The molecule has 2 aromatic carbocycles. The van der Waals surface area contributed by atoms with Crippen molar-refractivity contribution in [1.82, 2.24) is 19.7 Å².